The molecule has 1 heterocycles. The Morgan fingerprint density at radius 2 is 2.10 bits per heavy atom. The normalized spacial score (nSPS) is 17.6. The van der Waals surface area contributed by atoms with E-state index in [0.29, 0.717) is 5.56 Å². The van der Waals surface area contributed by atoms with Crippen molar-refractivity contribution in [2.45, 2.75) is 26.7 Å². The summed E-state index contributed by atoms with van der Waals surface area (Å²) < 4.78 is 5.26. The predicted octanol–water partition coefficient (Wildman–Crippen LogP) is 2.12. The quantitative estimate of drug-likeness (QED) is 0.885. The second kappa shape index (κ2) is 6.27. The molecule has 0 aromatic heterocycles. The lowest BCUT2D eigenvalue weighted by Gasteiger charge is -2.34. The number of ether oxygens (including phenoxy) is 1. The van der Waals surface area contributed by atoms with Crippen LogP contribution in [0.25, 0.3) is 0 Å². The van der Waals surface area contributed by atoms with Gasteiger partial charge in [0.05, 0.1) is 7.11 Å². The lowest BCUT2D eigenvalue weighted by Crippen LogP contribution is -2.42. The van der Waals surface area contributed by atoms with E-state index in [9.17, 15) is 4.79 Å². The lowest BCUT2D eigenvalue weighted by atomic mass is 9.81. The maximum absolute atomic E-state index is 12.2. The number of methoxy groups -OCH3 is 1. The topological polar surface area (TPSA) is 50.4 Å². The van der Waals surface area contributed by atoms with Crippen molar-refractivity contribution >= 4 is 5.91 Å². The van der Waals surface area contributed by atoms with E-state index >= 15 is 0 Å². The number of hydrogen-bond donors (Lipinski definition) is 2. The van der Waals surface area contributed by atoms with Crippen molar-refractivity contribution in [2.24, 2.45) is 5.41 Å². The third-order valence-electron chi connectivity index (χ3n) is 4.16. The molecule has 2 N–H and O–H groups in total. The summed E-state index contributed by atoms with van der Waals surface area (Å²) in [6.07, 6.45) is 2.20. The molecule has 0 saturated carbocycles. The second-order valence-electron chi connectivity index (χ2n) is 5.93. The summed E-state index contributed by atoms with van der Waals surface area (Å²) in [7, 11) is 1.63. The van der Waals surface area contributed by atoms with Crippen LogP contribution in [0.1, 0.15) is 35.7 Å². The van der Waals surface area contributed by atoms with Crippen LogP contribution < -0.4 is 15.4 Å². The third kappa shape index (κ3) is 3.51. The van der Waals surface area contributed by atoms with Crippen molar-refractivity contribution < 1.29 is 9.53 Å². The van der Waals surface area contributed by atoms with Gasteiger partial charge in [-0.2, -0.15) is 0 Å². The van der Waals surface area contributed by atoms with Crippen molar-refractivity contribution in [1.82, 2.24) is 10.6 Å². The number of hydrogen-bond acceptors (Lipinski definition) is 3. The minimum atomic E-state index is -0.0249. The van der Waals surface area contributed by atoms with Gasteiger partial charge in [0, 0.05) is 12.1 Å². The van der Waals surface area contributed by atoms with Crippen LogP contribution in [0.4, 0.5) is 0 Å². The van der Waals surface area contributed by atoms with E-state index in [1.165, 1.54) is 0 Å². The SMILES string of the molecule is COc1cc(C(=O)NCC2(C)CCNCC2)ccc1C. The van der Waals surface area contributed by atoms with Crippen LogP contribution in [0.5, 0.6) is 5.75 Å². The van der Waals surface area contributed by atoms with E-state index in [1.807, 2.05) is 19.1 Å². The second-order valence-corrected chi connectivity index (χ2v) is 5.93. The third-order valence-corrected chi connectivity index (χ3v) is 4.16. The molecule has 0 aliphatic carbocycles. The molecule has 1 fully saturated rings. The average Bonchev–Trinajstić information content (AvgIpc) is 2.46. The van der Waals surface area contributed by atoms with Crippen LogP contribution >= 0.6 is 0 Å². The first-order valence-corrected chi connectivity index (χ1v) is 7.18. The van der Waals surface area contributed by atoms with E-state index in [-0.39, 0.29) is 11.3 Å². The summed E-state index contributed by atoms with van der Waals surface area (Å²) in [5.41, 5.74) is 1.90. The van der Waals surface area contributed by atoms with Gasteiger partial charge in [-0.1, -0.05) is 13.0 Å². The molecule has 1 aliphatic heterocycles. The highest BCUT2D eigenvalue weighted by atomic mass is 16.5. The fourth-order valence-corrected chi connectivity index (χ4v) is 2.56. The smallest absolute Gasteiger partial charge is 0.251 e. The van der Waals surface area contributed by atoms with Crippen LogP contribution in [0.2, 0.25) is 0 Å². The highest BCUT2D eigenvalue weighted by Gasteiger charge is 2.27. The van der Waals surface area contributed by atoms with Crippen LogP contribution in [0.3, 0.4) is 0 Å². The molecular weight excluding hydrogens is 252 g/mol. The fraction of sp³-hybridized carbons (Fsp3) is 0.562. The van der Waals surface area contributed by atoms with Gasteiger partial charge >= 0.3 is 0 Å². The maximum atomic E-state index is 12.2. The van der Waals surface area contributed by atoms with Gasteiger partial charge < -0.3 is 15.4 Å². The molecule has 1 aromatic carbocycles. The average molecular weight is 276 g/mol. The van der Waals surface area contributed by atoms with Crippen molar-refractivity contribution in [2.75, 3.05) is 26.7 Å². The van der Waals surface area contributed by atoms with Gasteiger partial charge in [0.1, 0.15) is 5.75 Å². The summed E-state index contributed by atoms with van der Waals surface area (Å²) in [5, 5.41) is 6.41. The predicted molar refractivity (Wildman–Crippen MR) is 80.3 cm³/mol. The summed E-state index contributed by atoms with van der Waals surface area (Å²) in [4.78, 5) is 12.2. The number of carbonyl (C=O) groups excluding carboxylic acids is 1. The summed E-state index contributed by atoms with van der Waals surface area (Å²) in [6, 6.07) is 5.56. The minimum Gasteiger partial charge on any atom is -0.496 e. The van der Waals surface area contributed by atoms with Crippen LogP contribution in [0.15, 0.2) is 18.2 Å². The van der Waals surface area contributed by atoms with Crippen molar-refractivity contribution in [3.05, 3.63) is 29.3 Å². The summed E-state index contributed by atoms with van der Waals surface area (Å²) >= 11 is 0. The Morgan fingerprint density at radius 3 is 2.75 bits per heavy atom. The zero-order valence-electron chi connectivity index (χ0n) is 12.6. The first-order chi connectivity index (χ1) is 9.54. The van der Waals surface area contributed by atoms with Crippen molar-refractivity contribution in [3.63, 3.8) is 0 Å². The fourth-order valence-electron chi connectivity index (χ4n) is 2.56. The van der Waals surface area contributed by atoms with Gasteiger partial charge in [-0.25, -0.2) is 0 Å². The number of benzene rings is 1. The molecular formula is C16H24N2O2. The van der Waals surface area contributed by atoms with Crippen molar-refractivity contribution in [3.8, 4) is 5.75 Å². The zero-order chi connectivity index (χ0) is 14.6. The molecule has 110 valence electrons. The van der Waals surface area contributed by atoms with Crippen LogP contribution in [-0.2, 0) is 0 Å². The number of piperidine rings is 1. The number of aryl methyl sites for hydroxylation is 1. The van der Waals surface area contributed by atoms with Gasteiger partial charge in [-0.3, -0.25) is 4.79 Å². The van der Waals surface area contributed by atoms with Gasteiger partial charge in [0.25, 0.3) is 5.91 Å². The van der Waals surface area contributed by atoms with Crippen LogP contribution in [-0.4, -0.2) is 32.7 Å². The molecule has 0 spiro atoms. The molecule has 0 atom stereocenters. The number of amides is 1. The number of rotatable bonds is 4. The monoisotopic (exact) mass is 276 g/mol. The molecule has 0 radical (unpaired) electrons. The first-order valence-electron chi connectivity index (χ1n) is 7.18. The standard InChI is InChI=1S/C16H24N2O2/c1-12-4-5-13(10-14(12)20-3)15(19)18-11-16(2)6-8-17-9-7-16/h4-5,10,17H,6-9,11H2,1-3H3,(H,18,19). The molecule has 2 rings (SSSR count). The summed E-state index contributed by atoms with van der Waals surface area (Å²) in [5.74, 6) is 0.730. The molecule has 1 aromatic rings. The highest BCUT2D eigenvalue weighted by molar-refractivity contribution is 5.94. The molecule has 0 unspecified atom stereocenters. The molecule has 4 heteroatoms. The van der Waals surface area contributed by atoms with Gasteiger partial charge in [0.15, 0.2) is 0 Å². The van der Waals surface area contributed by atoms with E-state index in [0.717, 1.165) is 43.8 Å². The Kier molecular flexibility index (Phi) is 4.65. The Bertz CT molecular complexity index is 479. The van der Waals surface area contributed by atoms with E-state index < -0.39 is 0 Å². The molecule has 1 amide bonds. The Balaban J connectivity index is 1.98. The Morgan fingerprint density at radius 1 is 1.40 bits per heavy atom. The van der Waals surface area contributed by atoms with Gasteiger partial charge in [0.2, 0.25) is 0 Å². The highest BCUT2D eigenvalue weighted by Crippen LogP contribution is 2.27. The molecule has 4 nitrogen and oxygen atoms in total. The number of nitrogens with one attached hydrogen (secondary N) is 2. The summed E-state index contributed by atoms with van der Waals surface area (Å²) in [6.45, 7) is 7.00. The minimum absolute atomic E-state index is 0.0249. The largest absolute Gasteiger partial charge is 0.496 e. The molecule has 1 aliphatic rings. The van der Waals surface area contributed by atoms with Gasteiger partial charge in [-0.15, -0.1) is 0 Å². The lowest BCUT2D eigenvalue weighted by molar-refractivity contribution is 0.0922. The Hall–Kier alpha value is -1.55. The molecule has 1 saturated heterocycles. The van der Waals surface area contributed by atoms with Crippen LogP contribution in [0, 0.1) is 12.3 Å². The van der Waals surface area contributed by atoms with E-state index in [1.54, 1.807) is 13.2 Å². The molecule has 0 bridgehead atoms. The number of carbonyl (C=O) groups is 1. The maximum Gasteiger partial charge on any atom is 0.251 e. The molecule has 20 heavy (non-hydrogen) atoms. The zero-order valence-corrected chi connectivity index (χ0v) is 12.6. The van der Waals surface area contributed by atoms with Gasteiger partial charge in [-0.05, 0) is 56.0 Å². The first kappa shape index (κ1) is 14.9. The van der Waals surface area contributed by atoms with E-state index in [4.69, 9.17) is 4.74 Å². The van der Waals surface area contributed by atoms with Crippen molar-refractivity contribution in [1.29, 1.82) is 0 Å². The van der Waals surface area contributed by atoms with E-state index in [2.05, 4.69) is 17.6 Å². The Labute approximate surface area is 120 Å².